The largest absolute Gasteiger partial charge is 0.395 e. The Hall–Kier alpha value is -3.75. The molecule has 7 nitrogen and oxygen atoms in total. The number of thiophene rings is 1. The first-order chi connectivity index (χ1) is 15.1. The monoisotopic (exact) mass is 433 g/mol. The minimum atomic E-state index is -0.545. The number of hydrogen-bond donors (Lipinski definition) is 3. The first-order valence-electron chi connectivity index (χ1n) is 9.59. The summed E-state index contributed by atoms with van der Waals surface area (Å²) in [6, 6.07) is 20.4. The number of pyridine rings is 1. The fourth-order valence-corrected chi connectivity index (χ4v) is 4.48. The summed E-state index contributed by atoms with van der Waals surface area (Å²) in [7, 11) is 0. The van der Waals surface area contributed by atoms with Crippen LogP contribution in [-0.2, 0) is 0 Å². The van der Waals surface area contributed by atoms with Gasteiger partial charge < -0.3 is 10.4 Å². The van der Waals surface area contributed by atoms with Crippen molar-refractivity contribution in [2.45, 2.75) is 0 Å². The minimum Gasteiger partial charge on any atom is -0.395 e. The third-order valence-electron chi connectivity index (χ3n) is 4.64. The maximum absolute atomic E-state index is 13.4. The maximum atomic E-state index is 13.4. The second-order valence-corrected chi connectivity index (χ2v) is 7.67. The standard InChI is InChI=1S/C23H19N3O4S/c27-14-13-24-23(30)25-21-19(20(29)15-7-3-1-4-8-15)17-11-12-18(28)26(22(17)31-21)16-9-5-2-6-10-16/h1-12,27H,13-14H2,(H2,24,25,30). The number of aliphatic hydroxyl groups is 1. The number of rotatable bonds is 6. The second-order valence-electron chi connectivity index (χ2n) is 6.67. The van der Waals surface area contributed by atoms with E-state index in [0.717, 1.165) is 11.3 Å². The van der Waals surface area contributed by atoms with Crippen LogP contribution >= 0.6 is 11.3 Å². The van der Waals surface area contributed by atoms with Gasteiger partial charge in [0, 0.05) is 23.6 Å². The van der Waals surface area contributed by atoms with Gasteiger partial charge in [0.05, 0.1) is 17.9 Å². The summed E-state index contributed by atoms with van der Waals surface area (Å²) in [6.45, 7) is -0.128. The summed E-state index contributed by atoms with van der Waals surface area (Å²) in [4.78, 5) is 38.9. The number of nitrogens with one attached hydrogen (secondary N) is 2. The topological polar surface area (TPSA) is 100 Å². The number of aliphatic hydroxyl groups excluding tert-OH is 1. The molecule has 0 spiro atoms. The lowest BCUT2D eigenvalue weighted by Gasteiger charge is -2.08. The molecular formula is C23H19N3O4S. The van der Waals surface area contributed by atoms with Crippen molar-refractivity contribution in [3.8, 4) is 5.69 Å². The van der Waals surface area contributed by atoms with E-state index in [2.05, 4.69) is 10.6 Å². The highest BCUT2D eigenvalue weighted by Crippen LogP contribution is 2.37. The van der Waals surface area contributed by atoms with E-state index < -0.39 is 6.03 Å². The second kappa shape index (κ2) is 8.95. The van der Waals surface area contributed by atoms with Gasteiger partial charge in [0.15, 0.2) is 5.78 Å². The Labute approximate surface area is 181 Å². The number of carbonyl (C=O) groups excluding carboxylic acids is 2. The zero-order chi connectivity index (χ0) is 21.8. The van der Waals surface area contributed by atoms with Crippen LogP contribution in [-0.4, -0.2) is 34.6 Å². The molecule has 0 fully saturated rings. The Morgan fingerprint density at radius 2 is 1.61 bits per heavy atom. The summed E-state index contributed by atoms with van der Waals surface area (Å²) in [5, 5.41) is 15.1. The van der Waals surface area contributed by atoms with Gasteiger partial charge in [-0.05, 0) is 18.2 Å². The van der Waals surface area contributed by atoms with E-state index in [4.69, 9.17) is 5.11 Å². The number of anilines is 1. The van der Waals surface area contributed by atoms with Crippen molar-refractivity contribution >= 4 is 38.4 Å². The first-order valence-corrected chi connectivity index (χ1v) is 10.4. The highest BCUT2D eigenvalue weighted by Gasteiger charge is 2.24. The van der Waals surface area contributed by atoms with Crippen LogP contribution in [0.15, 0.2) is 77.6 Å². The Kier molecular flexibility index (Phi) is 5.92. The van der Waals surface area contributed by atoms with Gasteiger partial charge in [-0.2, -0.15) is 0 Å². The number of hydrogen-bond acceptors (Lipinski definition) is 5. The number of para-hydroxylation sites is 1. The van der Waals surface area contributed by atoms with Crippen LogP contribution in [0.2, 0.25) is 0 Å². The van der Waals surface area contributed by atoms with E-state index in [-0.39, 0.29) is 24.5 Å². The number of ketones is 1. The molecule has 2 aromatic heterocycles. The zero-order valence-electron chi connectivity index (χ0n) is 16.4. The molecule has 0 aliphatic rings. The SMILES string of the molecule is O=C(NCCO)Nc1sc2c(ccc(=O)n2-c2ccccc2)c1C(=O)c1ccccc1. The average molecular weight is 433 g/mol. The van der Waals surface area contributed by atoms with Crippen molar-refractivity contribution in [3.63, 3.8) is 0 Å². The van der Waals surface area contributed by atoms with Crippen molar-refractivity contribution in [2.75, 3.05) is 18.5 Å². The molecule has 4 rings (SSSR count). The molecule has 0 saturated heterocycles. The van der Waals surface area contributed by atoms with Gasteiger partial charge in [0.25, 0.3) is 5.56 Å². The van der Waals surface area contributed by atoms with Crippen molar-refractivity contribution in [1.29, 1.82) is 0 Å². The molecule has 3 N–H and O–H groups in total. The molecule has 4 aromatic rings. The lowest BCUT2D eigenvalue weighted by atomic mass is 10.0. The van der Waals surface area contributed by atoms with Crippen LogP contribution in [0.4, 0.5) is 9.80 Å². The smallest absolute Gasteiger partial charge is 0.319 e. The Morgan fingerprint density at radius 3 is 2.29 bits per heavy atom. The number of carbonyl (C=O) groups is 2. The lowest BCUT2D eigenvalue weighted by molar-refractivity contribution is 0.104. The molecule has 31 heavy (non-hydrogen) atoms. The van der Waals surface area contributed by atoms with Crippen molar-refractivity contribution in [3.05, 3.63) is 94.3 Å². The van der Waals surface area contributed by atoms with E-state index in [1.54, 1.807) is 42.5 Å². The molecule has 0 aliphatic carbocycles. The molecule has 0 unspecified atom stereocenters. The van der Waals surface area contributed by atoms with E-state index in [0.29, 0.717) is 32.0 Å². The Morgan fingerprint density at radius 1 is 0.935 bits per heavy atom. The summed E-state index contributed by atoms with van der Waals surface area (Å²) >= 11 is 1.15. The molecule has 2 aromatic carbocycles. The fourth-order valence-electron chi connectivity index (χ4n) is 3.27. The number of benzene rings is 2. The average Bonchev–Trinajstić information content (AvgIpc) is 3.15. The molecule has 2 heterocycles. The molecule has 0 saturated carbocycles. The van der Waals surface area contributed by atoms with Gasteiger partial charge in [-0.25, -0.2) is 4.79 Å². The predicted octanol–water partition coefficient (Wildman–Crippen LogP) is 3.40. The molecule has 0 bridgehead atoms. The van der Waals surface area contributed by atoms with Crippen LogP contribution in [0.1, 0.15) is 15.9 Å². The maximum Gasteiger partial charge on any atom is 0.319 e. The number of amides is 2. The minimum absolute atomic E-state index is 0.0768. The summed E-state index contributed by atoms with van der Waals surface area (Å²) in [6.07, 6.45) is 0. The lowest BCUT2D eigenvalue weighted by Crippen LogP contribution is -2.31. The van der Waals surface area contributed by atoms with Gasteiger partial charge in [-0.3, -0.25) is 19.5 Å². The van der Waals surface area contributed by atoms with E-state index in [1.165, 1.54) is 10.6 Å². The fraction of sp³-hybridized carbons (Fsp3) is 0.0870. The third-order valence-corrected chi connectivity index (χ3v) is 5.75. The zero-order valence-corrected chi connectivity index (χ0v) is 17.2. The highest BCUT2D eigenvalue weighted by molar-refractivity contribution is 7.23. The third kappa shape index (κ3) is 4.11. The van der Waals surface area contributed by atoms with E-state index in [9.17, 15) is 14.4 Å². The van der Waals surface area contributed by atoms with Crippen LogP contribution in [0.5, 0.6) is 0 Å². The molecule has 156 valence electrons. The number of nitrogens with zero attached hydrogens (tertiary/aromatic N) is 1. The van der Waals surface area contributed by atoms with Crippen LogP contribution in [0, 0.1) is 0 Å². The van der Waals surface area contributed by atoms with Gasteiger partial charge in [-0.1, -0.05) is 59.9 Å². The molecule has 2 amide bonds. The Bertz CT molecular complexity index is 1300. The number of urea groups is 1. The summed E-state index contributed by atoms with van der Waals surface area (Å²) in [5.41, 5.74) is 1.21. The highest BCUT2D eigenvalue weighted by atomic mass is 32.1. The molecular weight excluding hydrogens is 414 g/mol. The van der Waals surface area contributed by atoms with Gasteiger partial charge in [0.2, 0.25) is 0 Å². The van der Waals surface area contributed by atoms with Crippen molar-refractivity contribution < 1.29 is 14.7 Å². The van der Waals surface area contributed by atoms with Gasteiger partial charge in [0.1, 0.15) is 9.83 Å². The first kappa shape index (κ1) is 20.5. The summed E-state index contributed by atoms with van der Waals surface area (Å²) < 4.78 is 1.53. The molecule has 0 aliphatic heterocycles. The molecule has 8 heteroatoms. The van der Waals surface area contributed by atoms with Gasteiger partial charge >= 0.3 is 6.03 Å². The van der Waals surface area contributed by atoms with Crippen LogP contribution in [0.25, 0.3) is 15.9 Å². The van der Waals surface area contributed by atoms with Crippen molar-refractivity contribution in [1.82, 2.24) is 9.88 Å². The van der Waals surface area contributed by atoms with Gasteiger partial charge in [-0.15, -0.1) is 0 Å². The Balaban J connectivity index is 1.93. The van der Waals surface area contributed by atoms with Crippen LogP contribution < -0.4 is 16.2 Å². The predicted molar refractivity (Wildman–Crippen MR) is 121 cm³/mol. The molecule has 0 radical (unpaired) electrons. The van der Waals surface area contributed by atoms with Crippen LogP contribution in [0.3, 0.4) is 0 Å². The van der Waals surface area contributed by atoms with E-state index in [1.807, 2.05) is 24.3 Å². The normalized spacial score (nSPS) is 10.7. The quantitative estimate of drug-likeness (QED) is 0.406. The van der Waals surface area contributed by atoms with Crippen molar-refractivity contribution in [2.24, 2.45) is 0 Å². The number of aromatic nitrogens is 1. The number of fused-ring (bicyclic) bond motifs is 1. The summed E-state index contributed by atoms with van der Waals surface area (Å²) in [5.74, 6) is -0.262. The van der Waals surface area contributed by atoms with E-state index >= 15 is 0 Å². The molecule has 0 atom stereocenters.